The number of aromatic nitrogens is 1. The van der Waals surface area contributed by atoms with Crippen molar-refractivity contribution in [2.24, 2.45) is 5.10 Å². The molecule has 0 spiro atoms. The van der Waals surface area contributed by atoms with E-state index < -0.39 is 16.0 Å². The molecule has 4 aromatic rings. The highest BCUT2D eigenvalue weighted by Crippen LogP contribution is 2.38. The summed E-state index contributed by atoms with van der Waals surface area (Å²) in [6.45, 7) is 1.60. The number of nitrogens with one attached hydrogen (secondary N) is 1. The first-order valence-corrected chi connectivity index (χ1v) is 13.1. The molecule has 1 amide bonds. The highest BCUT2D eigenvalue weighted by molar-refractivity contribution is 9.10. The van der Waals surface area contributed by atoms with E-state index >= 15 is 0 Å². The fourth-order valence-corrected chi connectivity index (χ4v) is 4.91. The Morgan fingerprint density at radius 1 is 1.08 bits per heavy atom. The standard InChI is InChI=1S/C26H22BrN3O6S/c1-17-8-10-20(11-9-17)37(32,33)36-26-21(27)13-18(14-23(26)34-2)15-29-30-24(31)16-35-22-7-3-5-19-6-4-12-28-25(19)22/h3-15H,16H2,1-2H3,(H,30,31)/b29-15-. The third kappa shape index (κ3) is 6.43. The number of halogens is 1. The van der Waals surface area contributed by atoms with E-state index in [4.69, 9.17) is 13.7 Å². The van der Waals surface area contributed by atoms with Crippen LogP contribution in [0.25, 0.3) is 10.9 Å². The van der Waals surface area contributed by atoms with Crippen molar-refractivity contribution in [1.82, 2.24) is 10.4 Å². The van der Waals surface area contributed by atoms with Crippen molar-refractivity contribution in [2.75, 3.05) is 13.7 Å². The van der Waals surface area contributed by atoms with Gasteiger partial charge in [-0.3, -0.25) is 9.78 Å². The molecule has 1 N–H and O–H groups in total. The average molecular weight is 584 g/mol. The summed E-state index contributed by atoms with van der Waals surface area (Å²) >= 11 is 3.32. The van der Waals surface area contributed by atoms with Gasteiger partial charge < -0.3 is 13.7 Å². The van der Waals surface area contributed by atoms with Crippen LogP contribution in [0.2, 0.25) is 0 Å². The largest absolute Gasteiger partial charge is 0.493 e. The molecule has 1 aromatic heterocycles. The molecule has 0 aliphatic rings. The van der Waals surface area contributed by atoms with Crippen molar-refractivity contribution in [2.45, 2.75) is 11.8 Å². The minimum Gasteiger partial charge on any atom is -0.493 e. The summed E-state index contributed by atoms with van der Waals surface area (Å²) in [6, 6.07) is 18.6. The van der Waals surface area contributed by atoms with Crippen molar-refractivity contribution < 1.29 is 26.9 Å². The second kappa shape index (κ2) is 11.4. The molecule has 0 saturated heterocycles. The van der Waals surface area contributed by atoms with Gasteiger partial charge in [-0.2, -0.15) is 13.5 Å². The number of benzene rings is 3. The van der Waals surface area contributed by atoms with Crippen molar-refractivity contribution in [3.63, 3.8) is 0 Å². The first-order valence-electron chi connectivity index (χ1n) is 10.9. The second-order valence-corrected chi connectivity index (χ2v) is 10.2. The molecule has 0 radical (unpaired) electrons. The van der Waals surface area contributed by atoms with Crippen LogP contribution in [0, 0.1) is 6.92 Å². The average Bonchev–Trinajstić information content (AvgIpc) is 2.89. The van der Waals surface area contributed by atoms with E-state index in [1.165, 1.54) is 31.5 Å². The maximum Gasteiger partial charge on any atom is 0.339 e. The fraction of sp³-hybridized carbons (Fsp3) is 0.115. The summed E-state index contributed by atoms with van der Waals surface area (Å²) in [5.41, 5.74) is 4.48. The SMILES string of the molecule is COc1cc(/C=N\NC(=O)COc2cccc3cccnc23)cc(Br)c1OS(=O)(=O)c1ccc(C)cc1. The molecule has 1 heterocycles. The van der Waals surface area contributed by atoms with Gasteiger partial charge in [0.1, 0.15) is 16.2 Å². The maximum atomic E-state index is 12.7. The Kier molecular flexibility index (Phi) is 8.04. The van der Waals surface area contributed by atoms with Crippen LogP contribution in [0.1, 0.15) is 11.1 Å². The number of para-hydroxylation sites is 1. The minimum atomic E-state index is -4.09. The van der Waals surface area contributed by atoms with Gasteiger partial charge in [0.15, 0.2) is 18.1 Å². The lowest BCUT2D eigenvalue weighted by atomic mass is 10.2. The molecule has 0 fully saturated rings. The molecular formula is C26H22BrN3O6S. The number of rotatable bonds is 9. The summed E-state index contributed by atoms with van der Waals surface area (Å²) in [4.78, 5) is 16.5. The van der Waals surface area contributed by atoms with Crippen LogP contribution in [0.3, 0.4) is 0 Å². The summed E-state index contributed by atoms with van der Waals surface area (Å²) < 4.78 is 42.0. The number of pyridine rings is 1. The van der Waals surface area contributed by atoms with E-state index in [0.717, 1.165) is 10.9 Å². The molecule has 190 valence electrons. The summed E-state index contributed by atoms with van der Waals surface area (Å²) in [7, 11) is -2.70. The van der Waals surface area contributed by atoms with E-state index in [-0.39, 0.29) is 23.0 Å². The molecule has 0 unspecified atom stereocenters. The Labute approximate surface area is 222 Å². The van der Waals surface area contributed by atoms with Crippen molar-refractivity contribution in [1.29, 1.82) is 0 Å². The van der Waals surface area contributed by atoms with Crippen molar-refractivity contribution >= 4 is 49.1 Å². The van der Waals surface area contributed by atoms with E-state index in [9.17, 15) is 13.2 Å². The lowest BCUT2D eigenvalue weighted by Gasteiger charge is -2.13. The van der Waals surface area contributed by atoms with Gasteiger partial charge in [-0.25, -0.2) is 5.43 Å². The molecule has 11 heteroatoms. The molecule has 0 saturated carbocycles. The Morgan fingerprint density at radius 2 is 1.84 bits per heavy atom. The van der Waals surface area contributed by atoms with Gasteiger partial charge in [-0.05, 0) is 64.8 Å². The number of nitrogens with zero attached hydrogens (tertiary/aromatic N) is 2. The zero-order chi connectivity index (χ0) is 26.4. The number of aryl methyl sites for hydroxylation is 1. The smallest absolute Gasteiger partial charge is 0.339 e. The number of carbonyl (C=O) groups excluding carboxylic acids is 1. The molecule has 4 rings (SSSR count). The van der Waals surface area contributed by atoms with Crippen LogP contribution in [-0.4, -0.2) is 39.2 Å². The van der Waals surface area contributed by atoms with Crippen LogP contribution >= 0.6 is 15.9 Å². The predicted molar refractivity (Wildman–Crippen MR) is 143 cm³/mol. The highest BCUT2D eigenvalue weighted by atomic mass is 79.9. The number of hydrogen-bond acceptors (Lipinski definition) is 8. The van der Waals surface area contributed by atoms with Crippen molar-refractivity contribution in [3.05, 3.63) is 88.5 Å². The maximum absolute atomic E-state index is 12.7. The van der Waals surface area contributed by atoms with Gasteiger partial charge in [0.25, 0.3) is 5.91 Å². The third-order valence-electron chi connectivity index (χ3n) is 5.11. The number of ether oxygens (including phenoxy) is 2. The Hall–Kier alpha value is -3.96. The van der Waals surface area contributed by atoms with Gasteiger partial charge >= 0.3 is 10.1 Å². The lowest BCUT2D eigenvalue weighted by molar-refractivity contribution is -0.123. The second-order valence-electron chi connectivity index (χ2n) is 7.80. The summed E-state index contributed by atoms with van der Waals surface area (Å²) in [6.07, 6.45) is 3.03. The number of carbonyl (C=O) groups is 1. The topological polar surface area (TPSA) is 116 Å². The van der Waals surface area contributed by atoms with E-state index in [0.29, 0.717) is 21.3 Å². The Balaban J connectivity index is 1.41. The van der Waals surface area contributed by atoms with Crippen LogP contribution in [0.5, 0.6) is 17.2 Å². The third-order valence-corrected chi connectivity index (χ3v) is 6.94. The first-order chi connectivity index (χ1) is 17.8. The van der Waals surface area contributed by atoms with Gasteiger partial charge in [0, 0.05) is 11.6 Å². The number of fused-ring (bicyclic) bond motifs is 1. The van der Waals surface area contributed by atoms with Crippen LogP contribution in [-0.2, 0) is 14.9 Å². The number of hydrogen-bond donors (Lipinski definition) is 1. The Bertz CT molecular complexity index is 1570. The molecule has 0 aliphatic carbocycles. The quantitative estimate of drug-likeness (QED) is 0.174. The lowest BCUT2D eigenvalue weighted by Crippen LogP contribution is -2.24. The fourth-order valence-electron chi connectivity index (χ4n) is 3.31. The van der Waals surface area contributed by atoms with E-state index in [1.54, 1.807) is 30.5 Å². The van der Waals surface area contributed by atoms with E-state index in [2.05, 4.69) is 31.4 Å². The molecule has 9 nitrogen and oxygen atoms in total. The highest BCUT2D eigenvalue weighted by Gasteiger charge is 2.22. The van der Waals surface area contributed by atoms with Gasteiger partial charge in [0.05, 0.1) is 17.8 Å². The Morgan fingerprint density at radius 3 is 2.59 bits per heavy atom. The summed E-state index contributed by atoms with van der Waals surface area (Å²) in [5, 5.41) is 4.84. The predicted octanol–water partition coefficient (Wildman–Crippen LogP) is 4.61. The van der Waals surface area contributed by atoms with Gasteiger partial charge in [-0.15, -0.1) is 0 Å². The molecule has 3 aromatic carbocycles. The van der Waals surface area contributed by atoms with Gasteiger partial charge in [-0.1, -0.05) is 35.9 Å². The minimum absolute atomic E-state index is 0.0126. The van der Waals surface area contributed by atoms with Crippen LogP contribution < -0.4 is 19.1 Å². The zero-order valence-corrected chi connectivity index (χ0v) is 22.2. The summed E-state index contributed by atoms with van der Waals surface area (Å²) in [5.74, 6) is 0.160. The molecule has 0 aliphatic heterocycles. The molecule has 0 bridgehead atoms. The van der Waals surface area contributed by atoms with Crippen LogP contribution in [0.4, 0.5) is 0 Å². The zero-order valence-electron chi connectivity index (χ0n) is 19.8. The normalized spacial score (nSPS) is 11.4. The molecular weight excluding hydrogens is 562 g/mol. The molecule has 0 atom stereocenters. The number of amides is 1. The monoisotopic (exact) mass is 583 g/mol. The van der Waals surface area contributed by atoms with Gasteiger partial charge in [0.2, 0.25) is 0 Å². The van der Waals surface area contributed by atoms with E-state index in [1.807, 2.05) is 31.2 Å². The number of methoxy groups -OCH3 is 1. The number of hydrazone groups is 1. The van der Waals surface area contributed by atoms with Crippen molar-refractivity contribution in [3.8, 4) is 17.2 Å². The molecule has 37 heavy (non-hydrogen) atoms. The van der Waals surface area contributed by atoms with Crippen LogP contribution in [0.15, 0.2) is 87.4 Å². The first kappa shape index (κ1) is 26.1.